The molecule has 0 bridgehead atoms. The summed E-state index contributed by atoms with van der Waals surface area (Å²) in [4.78, 5) is 16.4. The summed E-state index contributed by atoms with van der Waals surface area (Å²) in [6, 6.07) is 20.0. The Hall–Kier alpha value is -3.94. The van der Waals surface area contributed by atoms with Crippen LogP contribution in [0.1, 0.15) is 21.6 Å². The molecule has 2 aromatic carbocycles. The topological polar surface area (TPSA) is 59.8 Å². The van der Waals surface area contributed by atoms with Crippen molar-refractivity contribution in [3.8, 4) is 16.9 Å². The van der Waals surface area contributed by atoms with Gasteiger partial charge in [0.05, 0.1) is 11.4 Å². The SMILES string of the molecule is O=C(NCc1ccccc1)c1ccc(-n2nc(C(F)(F)F)cc2-c2cccnc2)cc1. The van der Waals surface area contributed by atoms with Gasteiger partial charge in [-0.05, 0) is 48.0 Å². The van der Waals surface area contributed by atoms with E-state index in [0.717, 1.165) is 11.6 Å². The van der Waals surface area contributed by atoms with E-state index in [9.17, 15) is 18.0 Å². The Bertz CT molecular complexity index is 1170. The Morgan fingerprint density at radius 1 is 0.968 bits per heavy atom. The van der Waals surface area contributed by atoms with Gasteiger partial charge >= 0.3 is 6.18 Å². The molecule has 31 heavy (non-hydrogen) atoms. The Balaban J connectivity index is 1.60. The van der Waals surface area contributed by atoms with Gasteiger partial charge in [0.15, 0.2) is 5.69 Å². The molecule has 5 nitrogen and oxygen atoms in total. The average molecular weight is 422 g/mol. The van der Waals surface area contributed by atoms with Crippen molar-refractivity contribution in [2.75, 3.05) is 0 Å². The summed E-state index contributed by atoms with van der Waals surface area (Å²) in [5.41, 5.74) is 1.50. The van der Waals surface area contributed by atoms with Crippen LogP contribution in [0.3, 0.4) is 0 Å². The maximum absolute atomic E-state index is 13.3. The Morgan fingerprint density at radius 2 is 1.71 bits per heavy atom. The lowest BCUT2D eigenvalue weighted by Gasteiger charge is -2.09. The third kappa shape index (κ3) is 4.63. The molecule has 0 saturated heterocycles. The number of carbonyl (C=O) groups is 1. The molecule has 0 atom stereocenters. The van der Waals surface area contributed by atoms with Crippen molar-refractivity contribution >= 4 is 5.91 Å². The van der Waals surface area contributed by atoms with Gasteiger partial charge in [-0.2, -0.15) is 18.3 Å². The first-order valence-corrected chi connectivity index (χ1v) is 9.42. The number of pyridine rings is 1. The molecule has 0 fully saturated rings. The van der Waals surface area contributed by atoms with Crippen LogP contribution in [0.5, 0.6) is 0 Å². The van der Waals surface area contributed by atoms with E-state index in [-0.39, 0.29) is 11.6 Å². The normalized spacial score (nSPS) is 11.3. The Labute approximate surface area is 176 Å². The largest absolute Gasteiger partial charge is 0.435 e. The number of hydrogen-bond donors (Lipinski definition) is 1. The highest BCUT2D eigenvalue weighted by molar-refractivity contribution is 5.94. The van der Waals surface area contributed by atoms with E-state index in [1.165, 1.54) is 17.1 Å². The van der Waals surface area contributed by atoms with E-state index in [1.54, 1.807) is 36.4 Å². The lowest BCUT2D eigenvalue weighted by atomic mass is 10.1. The molecule has 156 valence electrons. The number of halogens is 3. The van der Waals surface area contributed by atoms with Crippen molar-refractivity contribution in [1.82, 2.24) is 20.1 Å². The second kappa shape index (κ2) is 8.43. The Kier molecular flexibility index (Phi) is 5.53. The first-order valence-electron chi connectivity index (χ1n) is 9.42. The fourth-order valence-corrected chi connectivity index (χ4v) is 3.07. The van der Waals surface area contributed by atoms with Gasteiger partial charge in [0.1, 0.15) is 0 Å². The fourth-order valence-electron chi connectivity index (χ4n) is 3.07. The van der Waals surface area contributed by atoms with Crippen molar-refractivity contribution in [1.29, 1.82) is 0 Å². The molecular weight excluding hydrogens is 405 g/mol. The molecule has 0 unspecified atom stereocenters. The quantitative estimate of drug-likeness (QED) is 0.499. The van der Waals surface area contributed by atoms with E-state index in [1.807, 2.05) is 30.3 Å². The second-order valence-electron chi connectivity index (χ2n) is 6.78. The number of amides is 1. The standard InChI is InChI=1S/C23H17F3N4O/c24-23(25,26)21-13-20(18-7-4-12-27-15-18)30(29-21)19-10-8-17(9-11-19)22(31)28-14-16-5-2-1-3-6-16/h1-13,15H,14H2,(H,28,31). The highest BCUT2D eigenvalue weighted by Crippen LogP contribution is 2.33. The highest BCUT2D eigenvalue weighted by atomic mass is 19.4. The highest BCUT2D eigenvalue weighted by Gasteiger charge is 2.35. The number of hydrogen-bond acceptors (Lipinski definition) is 3. The predicted octanol–water partition coefficient (Wildman–Crippen LogP) is 4.88. The third-order valence-corrected chi connectivity index (χ3v) is 4.63. The summed E-state index contributed by atoms with van der Waals surface area (Å²) in [5, 5.41) is 6.56. The first-order chi connectivity index (χ1) is 14.9. The minimum atomic E-state index is -4.58. The maximum Gasteiger partial charge on any atom is 0.435 e. The van der Waals surface area contributed by atoms with Crippen molar-refractivity contribution in [2.24, 2.45) is 0 Å². The van der Waals surface area contributed by atoms with Crippen LogP contribution in [0, 0.1) is 0 Å². The Morgan fingerprint density at radius 3 is 2.35 bits per heavy atom. The molecule has 2 aromatic heterocycles. The second-order valence-corrected chi connectivity index (χ2v) is 6.78. The first kappa shape index (κ1) is 20.3. The predicted molar refractivity (Wildman–Crippen MR) is 109 cm³/mol. The van der Waals surface area contributed by atoms with E-state index in [2.05, 4.69) is 15.4 Å². The van der Waals surface area contributed by atoms with Crippen LogP contribution in [0.15, 0.2) is 85.2 Å². The summed E-state index contributed by atoms with van der Waals surface area (Å²) in [5.74, 6) is -0.278. The number of carbonyl (C=O) groups excluding carboxylic acids is 1. The summed E-state index contributed by atoms with van der Waals surface area (Å²) < 4.78 is 41.0. The minimum absolute atomic E-state index is 0.252. The van der Waals surface area contributed by atoms with Crippen LogP contribution < -0.4 is 5.32 Å². The number of benzene rings is 2. The summed E-state index contributed by atoms with van der Waals surface area (Å²) in [7, 11) is 0. The van der Waals surface area contributed by atoms with E-state index >= 15 is 0 Å². The molecular formula is C23H17F3N4O. The molecule has 1 amide bonds. The van der Waals surface area contributed by atoms with Gasteiger partial charge in [-0.1, -0.05) is 30.3 Å². The lowest BCUT2D eigenvalue weighted by Crippen LogP contribution is -2.22. The average Bonchev–Trinajstić information content (AvgIpc) is 3.25. The number of nitrogens with zero attached hydrogens (tertiary/aromatic N) is 3. The summed E-state index contributed by atoms with van der Waals surface area (Å²) in [6.07, 6.45) is -1.57. The van der Waals surface area contributed by atoms with Gasteiger partial charge < -0.3 is 5.32 Å². The molecule has 0 spiro atoms. The molecule has 0 aliphatic carbocycles. The molecule has 1 N–H and O–H groups in total. The molecule has 4 rings (SSSR count). The van der Waals surface area contributed by atoms with Gasteiger partial charge in [-0.25, -0.2) is 4.68 Å². The zero-order valence-electron chi connectivity index (χ0n) is 16.2. The summed E-state index contributed by atoms with van der Waals surface area (Å²) >= 11 is 0. The molecule has 0 radical (unpaired) electrons. The van der Waals surface area contributed by atoms with Gasteiger partial charge in [0, 0.05) is 30.1 Å². The zero-order chi connectivity index (χ0) is 21.8. The molecule has 2 heterocycles. The van der Waals surface area contributed by atoms with Gasteiger partial charge in [0.2, 0.25) is 0 Å². The molecule has 0 saturated carbocycles. The number of rotatable bonds is 5. The number of alkyl halides is 3. The molecule has 4 aromatic rings. The van der Waals surface area contributed by atoms with E-state index < -0.39 is 11.9 Å². The lowest BCUT2D eigenvalue weighted by molar-refractivity contribution is -0.141. The van der Waals surface area contributed by atoms with Crippen molar-refractivity contribution < 1.29 is 18.0 Å². The molecule has 0 aliphatic rings. The van der Waals surface area contributed by atoms with Crippen LogP contribution in [-0.4, -0.2) is 20.7 Å². The van der Waals surface area contributed by atoms with Crippen molar-refractivity contribution in [2.45, 2.75) is 12.7 Å². The monoisotopic (exact) mass is 422 g/mol. The maximum atomic E-state index is 13.3. The van der Waals surface area contributed by atoms with E-state index in [0.29, 0.717) is 23.4 Å². The van der Waals surface area contributed by atoms with Gasteiger partial charge in [-0.15, -0.1) is 0 Å². The number of aromatic nitrogens is 3. The van der Waals surface area contributed by atoms with Gasteiger partial charge in [0.25, 0.3) is 5.91 Å². The van der Waals surface area contributed by atoms with Crippen LogP contribution in [-0.2, 0) is 12.7 Å². The third-order valence-electron chi connectivity index (χ3n) is 4.63. The molecule has 8 heteroatoms. The van der Waals surface area contributed by atoms with Crippen LogP contribution in [0.2, 0.25) is 0 Å². The minimum Gasteiger partial charge on any atom is -0.348 e. The van der Waals surface area contributed by atoms with Crippen LogP contribution >= 0.6 is 0 Å². The zero-order valence-corrected chi connectivity index (χ0v) is 16.2. The van der Waals surface area contributed by atoms with Crippen LogP contribution in [0.4, 0.5) is 13.2 Å². The fraction of sp³-hybridized carbons (Fsp3) is 0.0870. The van der Waals surface area contributed by atoms with Crippen molar-refractivity contribution in [3.05, 3.63) is 102 Å². The van der Waals surface area contributed by atoms with Crippen LogP contribution in [0.25, 0.3) is 16.9 Å². The molecule has 0 aliphatic heterocycles. The smallest absolute Gasteiger partial charge is 0.348 e. The summed E-state index contributed by atoms with van der Waals surface area (Å²) in [6.45, 7) is 0.376. The van der Waals surface area contributed by atoms with Gasteiger partial charge in [-0.3, -0.25) is 9.78 Å². The van der Waals surface area contributed by atoms with E-state index in [4.69, 9.17) is 0 Å². The number of nitrogens with one attached hydrogen (secondary N) is 1. The van der Waals surface area contributed by atoms with Crippen molar-refractivity contribution in [3.63, 3.8) is 0 Å².